The van der Waals surface area contributed by atoms with Gasteiger partial charge in [-0.2, -0.15) is 10.2 Å². The summed E-state index contributed by atoms with van der Waals surface area (Å²) in [6.45, 7) is 3.94. The SMILES string of the molecule is C/C(=N\Nc1ccc([N+](=O)[O-])cc1[N+](=O)[O-])[C@@H]1CCCC[C@H]1C1=CCCCC1.C/C(=N\Nc1ccc([N+](=O)[O-])cc1[N+](=O)[O-])[C@@H]1CCCC[C@H]1C1=CCCCC1. The van der Waals surface area contributed by atoms with Crippen LogP contribution in [0.1, 0.15) is 117 Å². The molecule has 0 unspecified atom stereocenters. The molecule has 4 aliphatic carbocycles. The van der Waals surface area contributed by atoms with Crippen molar-refractivity contribution in [3.05, 3.63) is 100 Å². The number of hydrogen-bond acceptors (Lipinski definition) is 12. The molecule has 2 aromatic carbocycles. The van der Waals surface area contributed by atoms with Gasteiger partial charge in [0.15, 0.2) is 0 Å². The number of anilines is 2. The lowest BCUT2D eigenvalue weighted by molar-refractivity contribution is -0.393. The molecule has 6 rings (SSSR count). The maximum absolute atomic E-state index is 11.3. The first-order valence-corrected chi connectivity index (χ1v) is 19.8. The van der Waals surface area contributed by atoms with Crippen molar-refractivity contribution in [1.29, 1.82) is 0 Å². The molecule has 0 bridgehead atoms. The van der Waals surface area contributed by atoms with Crippen molar-refractivity contribution in [2.45, 2.75) is 117 Å². The van der Waals surface area contributed by atoms with Crippen molar-refractivity contribution in [3.8, 4) is 0 Å². The molecule has 2 saturated carbocycles. The minimum atomic E-state index is -0.643. The molecule has 300 valence electrons. The van der Waals surface area contributed by atoms with Crippen molar-refractivity contribution >= 4 is 45.5 Å². The Balaban J connectivity index is 0.000000214. The number of rotatable bonds is 12. The van der Waals surface area contributed by atoms with Gasteiger partial charge in [0.2, 0.25) is 0 Å². The number of nitro groups is 4. The predicted molar refractivity (Wildman–Crippen MR) is 217 cm³/mol. The Morgan fingerprint density at radius 2 is 0.946 bits per heavy atom. The Morgan fingerprint density at radius 3 is 1.29 bits per heavy atom. The van der Waals surface area contributed by atoms with Crippen LogP contribution in [-0.4, -0.2) is 31.1 Å². The highest BCUT2D eigenvalue weighted by Crippen LogP contribution is 2.41. The topological polar surface area (TPSA) is 221 Å². The second-order valence-corrected chi connectivity index (χ2v) is 15.2. The number of non-ortho nitro benzene ring substituents is 2. The average molecular weight is 773 g/mol. The van der Waals surface area contributed by atoms with Crippen molar-refractivity contribution < 1.29 is 19.7 Å². The summed E-state index contributed by atoms with van der Waals surface area (Å²) in [5, 5.41) is 53.2. The van der Waals surface area contributed by atoms with Gasteiger partial charge >= 0.3 is 11.4 Å². The highest BCUT2D eigenvalue weighted by atomic mass is 16.6. The number of nitro benzene ring substituents is 4. The largest absolute Gasteiger partial charge is 0.301 e. The molecular weight excluding hydrogens is 720 g/mol. The molecule has 56 heavy (non-hydrogen) atoms. The molecule has 16 nitrogen and oxygen atoms in total. The molecule has 0 radical (unpaired) electrons. The van der Waals surface area contributed by atoms with Crippen LogP contribution in [-0.2, 0) is 0 Å². The normalized spacial score (nSPS) is 23.0. The van der Waals surface area contributed by atoms with Crippen LogP contribution >= 0.6 is 0 Å². The Bertz CT molecular complexity index is 1770. The maximum atomic E-state index is 11.3. The zero-order valence-corrected chi connectivity index (χ0v) is 32.2. The number of allylic oxidation sites excluding steroid dienone is 4. The molecule has 2 N–H and O–H groups in total. The number of hydrogen-bond donors (Lipinski definition) is 2. The number of nitrogens with zero attached hydrogens (tertiary/aromatic N) is 6. The third-order valence-electron chi connectivity index (χ3n) is 11.7. The van der Waals surface area contributed by atoms with E-state index in [2.05, 4.69) is 33.2 Å². The van der Waals surface area contributed by atoms with Crippen LogP contribution in [0.5, 0.6) is 0 Å². The summed E-state index contributed by atoms with van der Waals surface area (Å²) in [6.07, 6.45) is 23.7. The first kappa shape index (κ1) is 41.6. The van der Waals surface area contributed by atoms with Crippen LogP contribution in [0.4, 0.5) is 34.1 Å². The number of nitrogens with one attached hydrogen (secondary N) is 2. The van der Waals surface area contributed by atoms with E-state index in [1.54, 1.807) is 11.1 Å². The van der Waals surface area contributed by atoms with Crippen LogP contribution in [0.2, 0.25) is 0 Å². The molecule has 4 aliphatic rings. The number of benzene rings is 2. The van der Waals surface area contributed by atoms with Gasteiger partial charge in [-0.05, 0) is 115 Å². The number of hydrazone groups is 2. The van der Waals surface area contributed by atoms with Gasteiger partial charge in [0.05, 0.1) is 31.8 Å². The van der Waals surface area contributed by atoms with E-state index in [9.17, 15) is 40.5 Å². The lowest BCUT2D eigenvalue weighted by Gasteiger charge is -2.34. The van der Waals surface area contributed by atoms with Gasteiger partial charge in [-0.25, -0.2) is 0 Å². The van der Waals surface area contributed by atoms with E-state index in [1.807, 2.05) is 13.8 Å². The summed E-state index contributed by atoms with van der Waals surface area (Å²) in [5.74, 6) is 1.68. The van der Waals surface area contributed by atoms with E-state index in [1.165, 1.54) is 88.5 Å². The third kappa shape index (κ3) is 10.8. The predicted octanol–water partition coefficient (Wildman–Crippen LogP) is 11.2. The van der Waals surface area contributed by atoms with E-state index in [4.69, 9.17) is 0 Å². The maximum Gasteiger partial charge on any atom is 0.301 e. The summed E-state index contributed by atoms with van der Waals surface area (Å²) in [6, 6.07) is 7.10. The minimum Gasteiger partial charge on any atom is -0.272 e. The molecule has 0 amide bonds. The van der Waals surface area contributed by atoms with Crippen molar-refractivity contribution in [2.75, 3.05) is 10.9 Å². The summed E-state index contributed by atoms with van der Waals surface area (Å²) < 4.78 is 0. The first-order valence-electron chi connectivity index (χ1n) is 19.8. The van der Waals surface area contributed by atoms with E-state index >= 15 is 0 Å². The van der Waals surface area contributed by atoms with E-state index in [0.717, 1.165) is 62.1 Å². The lowest BCUT2D eigenvalue weighted by atomic mass is 9.71. The molecule has 2 aromatic rings. The van der Waals surface area contributed by atoms with Crippen LogP contribution in [0, 0.1) is 64.1 Å². The van der Waals surface area contributed by atoms with Gasteiger partial charge in [-0.15, -0.1) is 0 Å². The van der Waals surface area contributed by atoms with E-state index < -0.39 is 19.7 Å². The molecule has 0 aromatic heterocycles. The highest BCUT2D eigenvalue weighted by molar-refractivity contribution is 5.87. The van der Waals surface area contributed by atoms with E-state index in [0.29, 0.717) is 23.7 Å². The average Bonchev–Trinajstić information content (AvgIpc) is 3.22. The summed E-state index contributed by atoms with van der Waals surface area (Å²) in [4.78, 5) is 41.8. The zero-order chi connectivity index (χ0) is 40.2. The Morgan fingerprint density at radius 1 is 0.554 bits per heavy atom. The zero-order valence-electron chi connectivity index (χ0n) is 32.2. The molecule has 0 saturated heterocycles. The van der Waals surface area contributed by atoms with Gasteiger partial charge < -0.3 is 0 Å². The van der Waals surface area contributed by atoms with Crippen LogP contribution in [0.3, 0.4) is 0 Å². The smallest absolute Gasteiger partial charge is 0.272 e. The fourth-order valence-corrected chi connectivity index (χ4v) is 8.77. The lowest BCUT2D eigenvalue weighted by Crippen LogP contribution is -2.28. The minimum absolute atomic E-state index is 0.166. The molecule has 0 spiro atoms. The molecular formula is C40H52N8O8. The van der Waals surface area contributed by atoms with Crippen molar-refractivity contribution in [3.63, 3.8) is 0 Å². The standard InChI is InChI=1S/2C20H26N4O4/c2*1-14(17-9-5-6-10-18(17)15-7-3-2-4-8-15)21-22-19-12-11-16(23(25)26)13-20(19)24(27)28/h2*7,11-13,17-18,22H,2-6,8-10H2,1H3/b2*21-14+/t2*17-,18-/m00/s1. The Hall–Kier alpha value is -5.54. The van der Waals surface area contributed by atoms with Gasteiger partial charge in [0, 0.05) is 35.4 Å². The first-order chi connectivity index (χ1) is 26.9. The van der Waals surface area contributed by atoms with E-state index in [-0.39, 0.29) is 34.1 Å². The Labute approximate surface area is 326 Å². The summed E-state index contributed by atoms with van der Waals surface area (Å²) >= 11 is 0. The summed E-state index contributed by atoms with van der Waals surface area (Å²) in [5.41, 5.74) is 9.55. The molecule has 0 heterocycles. The van der Waals surface area contributed by atoms with Crippen molar-refractivity contribution in [2.24, 2.45) is 33.9 Å². The van der Waals surface area contributed by atoms with Gasteiger partial charge in [-0.1, -0.05) is 49.0 Å². The monoisotopic (exact) mass is 772 g/mol. The van der Waals surface area contributed by atoms with Crippen LogP contribution < -0.4 is 10.9 Å². The second kappa shape index (κ2) is 19.9. The molecule has 0 aliphatic heterocycles. The quantitative estimate of drug-likeness (QED) is 0.0898. The molecule has 16 heteroatoms. The van der Waals surface area contributed by atoms with Crippen LogP contribution in [0.15, 0.2) is 69.9 Å². The molecule has 4 atom stereocenters. The molecule has 2 fully saturated rings. The van der Waals surface area contributed by atoms with Crippen LogP contribution in [0.25, 0.3) is 0 Å². The van der Waals surface area contributed by atoms with Gasteiger partial charge in [0.25, 0.3) is 11.4 Å². The fourth-order valence-electron chi connectivity index (χ4n) is 8.77. The second-order valence-electron chi connectivity index (χ2n) is 15.2. The fraction of sp³-hybridized carbons (Fsp3) is 0.550. The third-order valence-corrected chi connectivity index (χ3v) is 11.7. The van der Waals surface area contributed by atoms with Gasteiger partial charge in [-0.3, -0.25) is 51.3 Å². The highest BCUT2D eigenvalue weighted by Gasteiger charge is 2.32. The van der Waals surface area contributed by atoms with Crippen molar-refractivity contribution in [1.82, 2.24) is 0 Å². The Kier molecular flexibility index (Phi) is 14.8. The summed E-state index contributed by atoms with van der Waals surface area (Å²) in [7, 11) is 0. The van der Waals surface area contributed by atoms with Gasteiger partial charge in [0.1, 0.15) is 11.4 Å².